The van der Waals surface area contributed by atoms with Gasteiger partial charge in [-0.05, 0) is 0 Å². The summed E-state index contributed by atoms with van der Waals surface area (Å²) in [5, 5.41) is 9.21. The van der Waals surface area contributed by atoms with Crippen LogP contribution in [-0.4, -0.2) is 27.0 Å². The van der Waals surface area contributed by atoms with Gasteiger partial charge in [0, 0.05) is 0 Å². The first-order valence-corrected chi connectivity index (χ1v) is 12.5. The number of hydrogen-bond acceptors (Lipinski definition) is 1. The summed E-state index contributed by atoms with van der Waals surface area (Å²) in [6, 6.07) is 7.03. The van der Waals surface area contributed by atoms with Crippen LogP contribution in [0.15, 0.2) is 27.9 Å². The van der Waals surface area contributed by atoms with Gasteiger partial charge in [-0.1, -0.05) is 0 Å². The summed E-state index contributed by atoms with van der Waals surface area (Å²) in [5.41, 5.74) is 0.655. The number of benzene rings is 1. The quantitative estimate of drug-likeness (QED) is 0.762. The Balaban J connectivity index is 2.74. The zero-order valence-electron chi connectivity index (χ0n) is 7.21. The first-order valence-electron chi connectivity index (χ1n) is 3.91. The van der Waals surface area contributed by atoms with Gasteiger partial charge in [-0.3, -0.25) is 0 Å². The second-order valence-electron chi connectivity index (χ2n) is 2.91. The maximum absolute atomic E-state index is 11.0. The average Bonchev–Trinajstić information content (AvgIpc) is 2.36. The van der Waals surface area contributed by atoms with Crippen molar-refractivity contribution in [2.24, 2.45) is 0 Å². The molecule has 0 saturated carbocycles. The molecule has 0 saturated heterocycles. The third-order valence-corrected chi connectivity index (χ3v) is 12.2. The molecular formula is C9H5Cl3O2Te. The molecule has 0 spiro atoms. The van der Waals surface area contributed by atoms with Crippen molar-refractivity contribution >= 4 is 60.1 Å². The predicted molar refractivity (Wildman–Crippen MR) is 63.9 cm³/mol. The number of halogens is 3. The average molecular weight is 379 g/mol. The second-order valence-corrected chi connectivity index (χ2v) is 15.7. The summed E-state index contributed by atoms with van der Waals surface area (Å²) in [5.74, 6) is -1.12. The van der Waals surface area contributed by atoms with Crippen LogP contribution in [0.4, 0.5) is 0 Å². The molecule has 80 valence electrons. The normalized spacial score (nSPS) is 19.9. The van der Waals surface area contributed by atoms with Gasteiger partial charge in [0.25, 0.3) is 0 Å². The van der Waals surface area contributed by atoms with Crippen LogP contribution in [0.25, 0.3) is 5.03 Å². The Labute approximate surface area is 103 Å². The molecule has 6 heteroatoms. The fourth-order valence-electron chi connectivity index (χ4n) is 1.42. The van der Waals surface area contributed by atoms with E-state index in [4.69, 9.17) is 34.6 Å². The van der Waals surface area contributed by atoms with Crippen LogP contribution in [-0.2, 0) is 4.79 Å². The van der Waals surface area contributed by atoms with Crippen LogP contribution in [0.2, 0.25) is 0 Å². The summed E-state index contributed by atoms with van der Waals surface area (Å²) in [6.45, 7) is 0. The van der Waals surface area contributed by atoms with Crippen molar-refractivity contribution in [2.75, 3.05) is 0 Å². The van der Waals surface area contributed by atoms with Crippen LogP contribution in [0.5, 0.6) is 0 Å². The molecule has 1 heterocycles. The van der Waals surface area contributed by atoms with Gasteiger partial charge in [0.15, 0.2) is 0 Å². The number of carboxylic acid groups (broad SMARTS) is 1. The molecule has 0 fully saturated rings. The van der Waals surface area contributed by atoms with Crippen LogP contribution >= 0.6 is 29.5 Å². The Bertz CT molecular complexity index is 482. The Morgan fingerprint density at radius 3 is 2.40 bits per heavy atom. The van der Waals surface area contributed by atoms with Crippen molar-refractivity contribution in [1.82, 2.24) is 0 Å². The second kappa shape index (κ2) is 3.83. The van der Waals surface area contributed by atoms with Crippen LogP contribution < -0.4 is 3.61 Å². The molecule has 1 N–H and O–H groups in total. The number of rotatable bonds is 1. The first-order chi connectivity index (χ1) is 6.96. The zero-order valence-corrected chi connectivity index (χ0v) is 11.8. The van der Waals surface area contributed by atoms with Crippen LogP contribution in [0.1, 0.15) is 5.56 Å². The van der Waals surface area contributed by atoms with Gasteiger partial charge in [-0.15, -0.1) is 0 Å². The molecule has 2 rings (SSSR count). The van der Waals surface area contributed by atoms with Crippen molar-refractivity contribution in [3.05, 3.63) is 33.4 Å². The standard InChI is InChI=1S/C9H5Cl3O2Te/c10-7-5-3-1-2-4-6(5)15(11,12)8(7)9(13)14/h1-4H,(H,13,14). The summed E-state index contributed by atoms with van der Waals surface area (Å²) < 4.78 is 0.704. The van der Waals surface area contributed by atoms with Gasteiger partial charge in [0.2, 0.25) is 0 Å². The summed E-state index contributed by atoms with van der Waals surface area (Å²) in [4.78, 5) is 11.0. The Kier molecular flexibility index (Phi) is 2.96. The fraction of sp³-hybridized carbons (Fsp3) is 0. The van der Waals surface area contributed by atoms with Gasteiger partial charge in [-0.2, -0.15) is 0 Å². The van der Waals surface area contributed by atoms with E-state index in [9.17, 15) is 4.79 Å². The molecule has 2 nitrogen and oxygen atoms in total. The maximum atomic E-state index is 11.0. The molecular weight excluding hydrogens is 374 g/mol. The van der Waals surface area contributed by atoms with E-state index in [2.05, 4.69) is 0 Å². The number of carbonyl (C=O) groups is 1. The van der Waals surface area contributed by atoms with E-state index in [0.29, 0.717) is 9.17 Å². The predicted octanol–water partition coefficient (Wildman–Crippen LogP) is 2.40. The first kappa shape index (κ1) is 11.6. The van der Waals surface area contributed by atoms with E-state index in [1.54, 1.807) is 24.3 Å². The van der Waals surface area contributed by atoms with E-state index in [1.807, 2.05) is 0 Å². The van der Waals surface area contributed by atoms with E-state index < -0.39 is 21.9 Å². The Hall–Kier alpha value is 0.0896. The number of carboxylic acids is 1. The third kappa shape index (κ3) is 1.67. The van der Waals surface area contributed by atoms with Crippen molar-refractivity contribution in [3.63, 3.8) is 0 Å². The molecule has 0 amide bonds. The molecule has 1 aromatic rings. The molecule has 0 atom stereocenters. The van der Waals surface area contributed by atoms with Gasteiger partial charge in [0.1, 0.15) is 0 Å². The number of fused-ring (bicyclic) bond motifs is 1. The molecule has 15 heavy (non-hydrogen) atoms. The summed E-state index contributed by atoms with van der Waals surface area (Å²) in [6.07, 6.45) is 0. The summed E-state index contributed by atoms with van der Waals surface area (Å²) >= 11 is 2.27. The molecule has 1 aliphatic rings. The fourth-order valence-corrected chi connectivity index (χ4v) is 11.1. The summed E-state index contributed by atoms with van der Waals surface area (Å²) in [7, 11) is 12.4. The minimum atomic E-state index is -3.70. The van der Waals surface area contributed by atoms with Crippen molar-refractivity contribution < 1.29 is 9.90 Å². The minimum absolute atomic E-state index is 0.00361. The monoisotopic (exact) mass is 380 g/mol. The van der Waals surface area contributed by atoms with Crippen LogP contribution in [0, 0.1) is 0 Å². The molecule has 0 aromatic heterocycles. The van der Waals surface area contributed by atoms with Crippen molar-refractivity contribution in [2.45, 2.75) is 0 Å². The Morgan fingerprint density at radius 1 is 1.27 bits per heavy atom. The van der Waals surface area contributed by atoms with Crippen molar-refractivity contribution in [3.8, 4) is 0 Å². The van der Waals surface area contributed by atoms with E-state index in [1.165, 1.54) is 0 Å². The van der Waals surface area contributed by atoms with Gasteiger partial charge < -0.3 is 0 Å². The molecule has 1 aliphatic heterocycles. The topological polar surface area (TPSA) is 37.3 Å². The molecule has 0 radical (unpaired) electrons. The van der Waals surface area contributed by atoms with E-state index >= 15 is 0 Å². The van der Waals surface area contributed by atoms with E-state index in [0.717, 1.165) is 0 Å². The van der Waals surface area contributed by atoms with Gasteiger partial charge >= 0.3 is 103 Å². The molecule has 1 aromatic carbocycles. The molecule has 0 unspecified atom stereocenters. The zero-order chi connectivity index (χ0) is 11.2. The molecule has 0 bridgehead atoms. The number of aliphatic carboxylic acids is 1. The van der Waals surface area contributed by atoms with E-state index in [-0.39, 0.29) is 8.65 Å². The Morgan fingerprint density at radius 2 is 1.87 bits per heavy atom. The SMILES string of the molecule is O=C(O)C1=C(Cl)c2ccccc2[Te]1(Cl)Cl. The third-order valence-electron chi connectivity index (χ3n) is 2.05. The van der Waals surface area contributed by atoms with Gasteiger partial charge in [-0.25, -0.2) is 0 Å². The van der Waals surface area contributed by atoms with Gasteiger partial charge in [0.05, 0.1) is 0 Å². The molecule has 0 aliphatic carbocycles. The van der Waals surface area contributed by atoms with Crippen molar-refractivity contribution in [1.29, 1.82) is 0 Å². The number of hydrogen-bond donors (Lipinski definition) is 1. The van der Waals surface area contributed by atoms with Crippen LogP contribution in [0.3, 0.4) is 0 Å².